The first kappa shape index (κ1) is 16.1. The number of ether oxygens (including phenoxy) is 1. The van der Waals surface area contributed by atoms with Crippen molar-refractivity contribution in [1.82, 2.24) is 9.88 Å². The highest BCUT2D eigenvalue weighted by atomic mass is 16.5. The summed E-state index contributed by atoms with van der Waals surface area (Å²) >= 11 is 0. The van der Waals surface area contributed by atoms with Gasteiger partial charge in [0.2, 0.25) is 0 Å². The van der Waals surface area contributed by atoms with Crippen molar-refractivity contribution in [3.8, 4) is 5.75 Å². The molecule has 4 rings (SSSR count). The average Bonchev–Trinajstić information content (AvgIpc) is 2.97. The highest BCUT2D eigenvalue weighted by molar-refractivity contribution is 5.95. The number of fused-ring (bicyclic) bond motifs is 2. The highest BCUT2D eigenvalue weighted by Crippen LogP contribution is 2.33. The monoisotopic (exact) mass is 337 g/mol. The summed E-state index contributed by atoms with van der Waals surface area (Å²) in [5.74, 6) is 0.677. The van der Waals surface area contributed by atoms with Crippen LogP contribution in [0.25, 0.3) is 0 Å². The van der Waals surface area contributed by atoms with Crippen LogP contribution in [0.4, 0.5) is 5.69 Å². The smallest absolute Gasteiger partial charge is 0.265 e. The third-order valence-corrected chi connectivity index (χ3v) is 4.92. The van der Waals surface area contributed by atoms with Crippen molar-refractivity contribution in [2.24, 2.45) is 0 Å². The summed E-state index contributed by atoms with van der Waals surface area (Å²) in [5.41, 5.74) is 4.12. The second kappa shape index (κ2) is 5.85. The van der Waals surface area contributed by atoms with E-state index in [2.05, 4.69) is 36.1 Å². The van der Waals surface area contributed by atoms with E-state index in [4.69, 9.17) is 4.74 Å². The summed E-state index contributed by atoms with van der Waals surface area (Å²) in [5, 5.41) is 2.97. The molecule has 1 N–H and O–H groups in total. The molecule has 0 saturated carbocycles. The minimum absolute atomic E-state index is 0.0150. The minimum atomic E-state index is -0.479. The Morgan fingerprint density at radius 1 is 1.32 bits per heavy atom. The summed E-state index contributed by atoms with van der Waals surface area (Å²) in [6.07, 6.45) is 1.88. The fourth-order valence-corrected chi connectivity index (χ4v) is 3.96. The summed E-state index contributed by atoms with van der Waals surface area (Å²) in [6, 6.07) is 9.83. The summed E-state index contributed by atoms with van der Waals surface area (Å²) in [4.78, 5) is 19.5. The van der Waals surface area contributed by atoms with Gasteiger partial charge in [-0.3, -0.25) is 9.78 Å². The van der Waals surface area contributed by atoms with Crippen LogP contribution in [0.2, 0.25) is 0 Å². The topological polar surface area (TPSA) is 54.5 Å². The summed E-state index contributed by atoms with van der Waals surface area (Å²) in [6.45, 7) is 6.24. The predicted molar refractivity (Wildman–Crippen MR) is 96.8 cm³/mol. The van der Waals surface area contributed by atoms with Crippen LogP contribution in [0.3, 0.4) is 0 Å². The first-order chi connectivity index (χ1) is 11.9. The molecule has 0 radical (unpaired) electrons. The Bertz CT molecular complexity index is 806. The Balaban J connectivity index is 1.51. The van der Waals surface area contributed by atoms with Crippen LogP contribution >= 0.6 is 0 Å². The van der Waals surface area contributed by atoms with Crippen molar-refractivity contribution < 1.29 is 9.53 Å². The lowest BCUT2D eigenvalue weighted by atomic mass is 9.82. The Kier molecular flexibility index (Phi) is 3.76. The highest BCUT2D eigenvalue weighted by Gasteiger charge is 2.32. The molecular formula is C20H23N3O2. The normalized spacial score (nSPS) is 21.2. The van der Waals surface area contributed by atoms with Crippen molar-refractivity contribution >= 4 is 11.6 Å². The van der Waals surface area contributed by atoms with Crippen molar-refractivity contribution in [1.29, 1.82) is 0 Å². The van der Waals surface area contributed by atoms with E-state index < -0.39 is 6.10 Å². The molecule has 25 heavy (non-hydrogen) atoms. The van der Waals surface area contributed by atoms with Crippen molar-refractivity contribution in [2.75, 3.05) is 18.9 Å². The number of nitrogens with zero attached hydrogens (tertiary/aromatic N) is 2. The Labute approximate surface area is 148 Å². The average molecular weight is 337 g/mol. The number of carbonyl (C=O) groups is 1. The fraction of sp³-hybridized carbons (Fsp3) is 0.400. The van der Waals surface area contributed by atoms with Gasteiger partial charge in [0.05, 0.1) is 17.6 Å². The molecule has 2 aliphatic rings. The molecule has 130 valence electrons. The number of pyridine rings is 1. The molecule has 0 fully saturated rings. The molecule has 0 saturated heterocycles. The maximum atomic E-state index is 12.6. The van der Waals surface area contributed by atoms with Gasteiger partial charge in [-0.15, -0.1) is 0 Å². The first-order valence-electron chi connectivity index (χ1n) is 8.66. The Morgan fingerprint density at radius 2 is 2.12 bits per heavy atom. The van der Waals surface area contributed by atoms with E-state index in [0.717, 1.165) is 35.8 Å². The molecule has 2 aliphatic heterocycles. The van der Waals surface area contributed by atoms with Crippen LogP contribution in [-0.2, 0) is 23.2 Å². The molecule has 1 aromatic heterocycles. The third-order valence-electron chi connectivity index (χ3n) is 4.92. The fourth-order valence-electron chi connectivity index (χ4n) is 3.96. The van der Waals surface area contributed by atoms with Crippen LogP contribution in [0, 0.1) is 0 Å². The van der Waals surface area contributed by atoms with Gasteiger partial charge in [-0.05, 0) is 30.3 Å². The maximum absolute atomic E-state index is 12.6. The predicted octanol–water partition coefficient (Wildman–Crippen LogP) is 2.75. The van der Waals surface area contributed by atoms with E-state index in [-0.39, 0.29) is 11.3 Å². The molecule has 5 nitrogen and oxygen atoms in total. The lowest BCUT2D eigenvalue weighted by Crippen LogP contribution is -2.40. The molecule has 1 unspecified atom stereocenters. The zero-order valence-corrected chi connectivity index (χ0v) is 14.9. The van der Waals surface area contributed by atoms with Crippen molar-refractivity contribution in [3.05, 3.63) is 53.3 Å². The maximum Gasteiger partial charge on any atom is 0.265 e. The van der Waals surface area contributed by atoms with Gasteiger partial charge >= 0.3 is 0 Å². The van der Waals surface area contributed by atoms with Crippen LogP contribution in [-0.4, -0.2) is 35.5 Å². The van der Waals surface area contributed by atoms with Crippen molar-refractivity contribution in [3.63, 3.8) is 0 Å². The number of rotatable bonds is 2. The number of aromatic nitrogens is 1. The lowest BCUT2D eigenvalue weighted by molar-refractivity contribution is -0.122. The van der Waals surface area contributed by atoms with E-state index in [0.29, 0.717) is 6.42 Å². The Morgan fingerprint density at radius 3 is 2.92 bits per heavy atom. The van der Waals surface area contributed by atoms with E-state index in [1.165, 1.54) is 5.56 Å². The largest absolute Gasteiger partial charge is 0.480 e. The zero-order chi connectivity index (χ0) is 17.6. The van der Waals surface area contributed by atoms with Crippen LogP contribution < -0.4 is 10.1 Å². The molecule has 2 aromatic rings. The van der Waals surface area contributed by atoms with Gasteiger partial charge in [0, 0.05) is 24.9 Å². The van der Waals surface area contributed by atoms with Crippen molar-refractivity contribution in [2.45, 2.75) is 38.3 Å². The molecule has 5 heteroatoms. The number of likely N-dealkylation sites (N-methyl/N-ethyl adjacent to an activating group) is 1. The Hall–Kier alpha value is -2.40. The van der Waals surface area contributed by atoms with Gasteiger partial charge < -0.3 is 15.0 Å². The first-order valence-corrected chi connectivity index (χ1v) is 8.66. The van der Waals surface area contributed by atoms with Gasteiger partial charge in [0.25, 0.3) is 5.91 Å². The van der Waals surface area contributed by atoms with Crippen LogP contribution in [0.5, 0.6) is 5.75 Å². The molecule has 0 aliphatic carbocycles. The summed E-state index contributed by atoms with van der Waals surface area (Å²) in [7, 11) is 2.11. The number of hydrogen-bond acceptors (Lipinski definition) is 4. The van der Waals surface area contributed by atoms with Gasteiger partial charge in [-0.25, -0.2) is 0 Å². The number of anilines is 1. The SMILES string of the molecule is CN1Cc2cc(NC(=O)C3Cc4ccccc4O3)cnc2C(C)(C)C1. The summed E-state index contributed by atoms with van der Waals surface area (Å²) < 4.78 is 5.76. The minimum Gasteiger partial charge on any atom is -0.480 e. The standard InChI is InChI=1S/C20H23N3O2/c1-20(2)12-23(3)11-14-8-15(10-21-18(14)20)22-19(24)17-9-13-6-4-5-7-16(13)25-17/h4-8,10,17H,9,11-12H2,1-3H3,(H,22,24). The van der Waals surface area contributed by atoms with E-state index in [9.17, 15) is 4.79 Å². The molecule has 0 spiro atoms. The molecule has 3 heterocycles. The molecule has 0 bridgehead atoms. The van der Waals surface area contributed by atoms with Gasteiger partial charge in [0.15, 0.2) is 6.10 Å². The quantitative estimate of drug-likeness (QED) is 0.915. The van der Waals surface area contributed by atoms with Gasteiger partial charge in [0.1, 0.15) is 5.75 Å². The second-order valence-corrected chi connectivity index (χ2v) is 7.70. The number of amides is 1. The van der Waals surface area contributed by atoms with Gasteiger partial charge in [-0.1, -0.05) is 32.0 Å². The molecular weight excluding hydrogens is 314 g/mol. The molecule has 1 atom stereocenters. The third kappa shape index (κ3) is 3.00. The number of para-hydroxylation sites is 1. The van der Waals surface area contributed by atoms with E-state index >= 15 is 0 Å². The number of benzene rings is 1. The van der Waals surface area contributed by atoms with Crippen LogP contribution in [0.1, 0.15) is 30.7 Å². The number of nitrogens with one attached hydrogen (secondary N) is 1. The van der Waals surface area contributed by atoms with Gasteiger partial charge in [-0.2, -0.15) is 0 Å². The molecule has 1 amide bonds. The van der Waals surface area contributed by atoms with E-state index in [1.54, 1.807) is 6.20 Å². The van der Waals surface area contributed by atoms with Crippen LogP contribution in [0.15, 0.2) is 36.5 Å². The molecule has 1 aromatic carbocycles. The lowest BCUT2D eigenvalue weighted by Gasteiger charge is -2.37. The number of hydrogen-bond donors (Lipinski definition) is 1. The zero-order valence-electron chi connectivity index (χ0n) is 14.9. The second-order valence-electron chi connectivity index (χ2n) is 7.70. The number of carbonyl (C=O) groups excluding carboxylic acids is 1. The van der Waals surface area contributed by atoms with E-state index in [1.807, 2.05) is 30.3 Å².